The molecule has 1 aliphatic carbocycles. The molecular formula is C11H15N3O6S. The molecule has 1 aliphatic rings. The molecule has 0 radical (unpaired) electrons. The van der Waals surface area contributed by atoms with Crippen molar-refractivity contribution < 1.29 is 18.3 Å². The quantitative estimate of drug-likeness (QED) is 0.661. The van der Waals surface area contributed by atoms with Crippen LogP contribution >= 0.6 is 0 Å². The maximum Gasteiger partial charge on any atom is 0.330 e. The van der Waals surface area contributed by atoms with Gasteiger partial charge >= 0.3 is 11.7 Å². The molecule has 0 spiro atoms. The number of hydrogen-bond donors (Lipinski definition) is 2. The Balaban J connectivity index is 2.47. The fraction of sp³-hybridized carbons (Fsp3) is 0.545. The molecule has 2 rings (SSSR count). The Labute approximate surface area is 119 Å². The highest BCUT2D eigenvalue weighted by atomic mass is 32.2. The molecule has 9 nitrogen and oxygen atoms in total. The Morgan fingerprint density at radius 3 is 2.43 bits per heavy atom. The highest BCUT2D eigenvalue weighted by Crippen LogP contribution is 2.33. The summed E-state index contributed by atoms with van der Waals surface area (Å²) >= 11 is 0. The molecule has 1 aromatic heterocycles. The van der Waals surface area contributed by atoms with Gasteiger partial charge in [0.1, 0.15) is 6.04 Å². The smallest absolute Gasteiger partial charge is 0.330 e. The van der Waals surface area contributed by atoms with Crippen molar-refractivity contribution in [1.29, 1.82) is 0 Å². The van der Waals surface area contributed by atoms with Crippen LogP contribution < -0.4 is 16.0 Å². The summed E-state index contributed by atoms with van der Waals surface area (Å²) in [5.74, 6) is -1.56. The molecule has 0 saturated heterocycles. The zero-order chi connectivity index (χ0) is 15.9. The van der Waals surface area contributed by atoms with Gasteiger partial charge in [0.05, 0.1) is 0 Å². The summed E-state index contributed by atoms with van der Waals surface area (Å²) < 4.78 is 28.1. The van der Waals surface area contributed by atoms with E-state index in [1.807, 2.05) is 4.72 Å². The van der Waals surface area contributed by atoms with Gasteiger partial charge < -0.3 is 9.67 Å². The first-order chi connectivity index (χ1) is 9.65. The number of aliphatic carboxylic acids is 1. The second kappa shape index (κ2) is 5.11. The van der Waals surface area contributed by atoms with Crippen LogP contribution in [0.4, 0.5) is 0 Å². The summed E-state index contributed by atoms with van der Waals surface area (Å²) in [4.78, 5) is 33.9. The second-order valence-corrected chi connectivity index (χ2v) is 6.71. The van der Waals surface area contributed by atoms with Crippen molar-refractivity contribution in [3.05, 3.63) is 27.0 Å². The predicted octanol–water partition coefficient (Wildman–Crippen LogP) is -1.77. The average molecular weight is 317 g/mol. The number of hydrogen-bond acceptors (Lipinski definition) is 5. The molecule has 1 unspecified atom stereocenters. The molecule has 0 amide bonds. The Morgan fingerprint density at radius 1 is 1.38 bits per heavy atom. The lowest BCUT2D eigenvalue weighted by atomic mass is 10.2. The van der Waals surface area contributed by atoms with Crippen LogP contribution in [0.5, 0.6) is 0 Å². The zero-order valence-electron chi connectivity index (χ0n) is 11.4. The van der Waals surface area contributed by atoms with E-state index in [2.05, 4.69) is 0 Å². The molecule has 1 fully saturated rings. The van der Waals surface area contributed by atoms with Gasteiger partial charge in [0.15, 0.2) is 4.90 Å². The van der Waals surface area contributed by atoms with Crippen molar-refractivity contribution in [3.63, 3.8) is 0 Å². The first kappa shape index (κ1) is 15.4. The van der Waals surface area contributed by atoms with E-state index in [9.17, 15) is 22.8 Å². The van der Waals surface area contributed by atoms with Crippen LogP contribution in [0.25, 0.3) is 0 Å². The molecule has 0 aliphatic heterocycles. The Bertz CT molecular complexity index is 802. The minimum Gasteiger partial charge on any atom is -0.480 e. The molecule has 21 heavy (non-hydrogen) atoms. The standard InChI is InChI=1S/C11H15N3O6S/c1-13-5-7(9(15)14(2)11(13)18)21(19,20)12-8(10(16)17)6-3-4-6/h5-6,8,12H,3-4H2,1-2H3,(H,16,17). The third-order valence-electron chi connectivity index (χ3n) is 3.35. The van der Waals surface area contributed by atoms with E-state index in [1.165, 1.54) is 7.05 Å². The molecule has 1 atom stereocenters. The summed E-state index contributed by atoms with van der Waals surface area (Å²) in [6.07, 6.45) is 2.12. The number of nitrogens with one attached hydrogen (secondary N) is 1. The molecule has 0 bridgehead atoms. The highest BCUT2D eigenvalue weighted by molar-refractivity contribution is 7.89. The van der Waals surface area contributed by atoms with Crippen LogP contribution in [0.2, 0.25) is 0 Å². The minimum atomic E-state index is -4.33. The number of nitrogens with zero attached hydrogens (tertiary/aromatic N) is 2. The largest absolute Gasteiger partial charge is 0.480 e. The fourth-order valence-corrected chi connectivity index (χ4v) is 3.39. The Hall–Kier alpha value is -1.94. The maximum atomic E-state index is 12.2. The number of carbonyl (C=O) groups is 1. The zero-order valence-corrected chi connectivity index (χ0v) is 12.3. The van der Waals surface area contributed by atoms with Gasteiger partial charge in [-0.3, -0.25) is 14.2 Å². The molecule has 0 aromatic carbocycles. The fourth-order valence-electron chi connectivity index (χ4n) is 1.97. The lowest BCUT2D eigenvalue weighted by Gasteiger charge is -2.14. The van der Waals surface area contributed by atoms with E-state index in [-0.39, 0.29) is 5.92 Å². The monoisotopic (exact) mass is 317 g/mol. The van der Waals surface area contributed by atoms with Crippen molar-refractivity contribution in [3.8, 4) is 0 Å². The van der Waals surface area contributed by atoms with Gasteiger partial charge in [-0.05, 0) is 18.8 Å². The van der Waals surface area contributed by atoms with Gasteiger partial charge in [0.2, 0.25) is 10.0 Å². The van der Waals surface area contributed by atoms with Gasteiger partial charge in [-0.15, -0.1) is 0 Å². The summed E-state index contributed by atoms with van der Waals surface area (Å²) in [6.45, 7) is 0. The van der Waals surface area contributed by atoms with Crippen LogP contribution in [-0.2, 0) is 28.9 Å². The first-order valence-corrected chi connectivity index (χ1v) is 7.65. The summed E-state index contributed by atoms with van der Waals surface area (Å²) in [5, 5.41) is 9.05. The topological polar surface area (TPSA) is 127 Å². The summed E-state index contributed by atoms with van der Waals surface area (Å²) in [6, 6.07) is -1.27. The van der Waals surface area contributed by atoms with Crippen LogP contribution in [-0.4, -0.2) is 34.7 Å². The van der Waals surface area contributed by atoms with Crippen LogP contribution in [0.1, 0.15) is 12.8 Å². The minimum absolute atomic E-state index is 0.270. The van der Waals surface area contributed by atoms with Crippen molar-refractivity contribution in [2.45, 2.75) is 23.8 Å². The lowest BCUT2D eigenvalue weighted by Crippen LogP contribution is -2.46. The number of carboxylic acid groups (broad SMARTS) is 1. The van der Waals surface area contributed by atoms with Gasteiger partial charge in [-0.25, -0.2) is 13.2 Å². The second-order valence-electron chi connectivity index (χ2n) is 5.03. The molecule has 1 saturated carbocycles. The van der Waals surface area contributed by atoms with Crippen molar-refractivity contribution in [1.82, 2.24) is 13.9 Å². The van der Waals surface area contributed by atoms with Gasteiger partial charge in [0, 0.05) is 20.3 Å². The number of sulfonamides is 1. The SMILES string of the molecule is Cn1cc(S(=O)(=O)NC(C(=O)O)C2CC2)c(=O)n(C)c1=O. The third-order valence-corrected chi connectivity index (χ3v) is 4.77. The molecule has 1 heterocycles. The number of carboxylic acids is 1. The predicted molar refractivity (Wildman–Crippen MR) is 71.4 cm³/mol. The molecule has 116 valence electrons. The number of aromatic nitrogens is 2. The van der Waals surface area contributed by atoms with E-state index in [4.69, 9.17) is 5.11 Å². The molecular weight excluding hydrogens is 302 g/mol. The van der Waals surface area contributed by atoms with Gasteiger partial charge in [-0.1, -0.05) is 0 Å². The number of rotatable bonds is 5. The Morgan fingerprint density at radius 2 is 1.95 bits per heavy atom. The first-order valence-electron chi connectivity index (χ1n) is 6.17. The van der Waals surface area contributed by atoms with Gasteiger partial charge in [-0.2, -0.15) is 4.72 Å². The maximum absolute atomic E-state index is 12.2. The van der Waals surface area contributed by atoms with E-state index < -0.39 is 38.2 Å². The van der Waals surface area contributed by atoms with E-state index >= 15 is 0 Å². The van der Waals surface area contributed by atoms with Crippen molar-refractivity contribution in [2.24, 2.45) is 20.0 Å². The van der Waals surface area contributed by atoms with Crippen LogP contribution in [0.3, 0.4) is 0 Å². The van der Waals surface area contributed by atoms with Crippen molar-refractivity contribution in [2.75, 3.05) is 0 Å². The van der Waals surface area contributed by atoms with Crippen LogP contribution in [0, 0.1) is 5.92 Å². The van der Waals surface area contributed by atoms with Gasteiger partial charge in [0.25, 0.3) is 5.56 Å². The highest BCUT2D eigenvalue weighted by Gasteiger charge is 2.39. The summed E-state index contributed by atoms with van der Waals surface area (Å²) in [7, 11) is -1.87. The van der Waals surface area contributed by atoms with Crippen LogP contribution in [0.15, 0.2) is 20.7 Å². The summed E-state index contributed by atoms with van der Waals surface area (Å²) in [5.41, 5.74) is -1.67. The molecule has 10 heteroatoms. The van der Waals surface area contributed by atoms with Crippen molar-refractivity contribution >= 4 is 16.0 Å². The number of aryl methyl sites for hydroxylation is 1. The molecule has 1 aromatic rings. The van der Waals surface area contributed by atoms with E-state index in [1.54, 1.807) is 0 Å². The lowest BCUT2D eigenvalue weighted by molar-refractivity contribution is -0.139. The van der Waals surface area contributed by atoms with E-state index in [0.29, 0.717) is 17.4 Å². The average Bonchev–Trinajstić information content (AvgIpc) is 3.21. The Kier molecular flexibility index (Phi) is 3.76. The third kappa shape index (κ3) is 2.90. The molecule has 2 N–H and O–H groups in total. The normalized spacial score (nSPS) is 16.7. The van der Waals surface area contributed by atoms with E-state index in [0.717, 1.165) is 17.8 Å².